The molecular weight excluding hydrogens is 192 g/mol. The zero-order chi connectivity index (χ0) is 10.6. The fraction of sp³-hybridized carbons (Fsp3) is 0.545. The van der Waals surface area contributed by atoms with E-state index in [9.17, 15) is 0 Å². The summed E-state index contributed by atoms with van der Waals surface area (Å²) in [6, 6.07) is 2.00. The quantitative estimate of drug-likeness (QED) is 0.777. The van der Waals surface area contributed by atoms with Gasteiger partial charge in [0, 0.05) is 29.1 Å². The van der Waals surface area contributed by atoms with Crippen molar-refractivity contribution in [1.29, 1.82) is 0 Å². The minimum Gasteiger partial charge on any atom is -0.326 e. The van der Waals surface area contributed by atoms with Crippen LogP contribution in [0.5, 0.6) is 0 Å². The number of hydrogen-bond donors (Lipinski definition) is 1. The molecule has 3 heteroatoms. The molecule has 78 valence electrons. The highest BCUT2D eigenvalue weighted by molar-refractivity contribution is 8.00. The molecule has 0 spiro atoms. The summed E-state index contributed by atoms with van der Waals surface area (Å²) in [6.45, 7) is 7.30. The first-order valence-electron chi connectivity index (χ1n) is 4.94. The van der Waals surface area contributed by atoms with E-state index < -0.39 is 0 Å². The van der Waals surface area contributed by atoms with Crippen molar-refractivity contribution in [3.05, 3.63) is 24.0 Å². The number of nitrogens with two attached hydrogens (primary N) is 1. The van der Waals surface area contributed by atoms with Crippen LogP contribution in [0, 0.1) is 5.92 Å². The average molecular weight is 210 g/mol. The molecule has 0 amide bonds. The van der Waals surface area contributed by atoms with E-state index in [1.54, 1.807) is 6.20 Å². The number of aromatic nitrogens is 1. The van der Waals surface area contributed by atoms with Gasteiger partial charge in [0.1, 0.15) is 0 Å². The first-order chi connectivity index (χ1) is 6.65. The van der Waals surface area contributed by atoms with Gasteiger partial charge in [0.05, 0.1) is 0 Å². The van der Waals surface area contributed by atoms with Crippen molar-refractivity contribution in [1.82, 2.24) is 4.98 Å². The van der Waals surface area contributed by atoms with Gasteiger partial charge < -0.3 is 5.73 Å². The lowest BCUT2D eigenvalue weighted by Gasteiger charge is -2.16. The fourth-order valence-electron chi connectivity index (χ4n) is 1.02. The van der Waals surface area contributed by atoms with E-state index in [-0.39, 0.29) is 0 Å². The van der Waals surface area contributed by atoms with E-state index in [0.29, 0.717) is 17.7 Å². The summed E-state index contributed by atoms with van der Waals surface area (Å²) in [6.07, 6.45) is 3.71. The van der Waals surface area contributed by atoms with Crippen LogP contribution >= 0.6 is 11.8 Å². The molecule has 2 N–H and O–H groups in total. The van der Waals surface area contributed by atoms with Crippen LogP contribution in [0.4, 0.5) is 0 Å². The Kier molecular flexibility index (Phi) is 4.42. The van der Waals surface area contributed by atoms with Gasteiger partial charge in [-0.2, -0.15) is 0 Å². The molecule has 1 heterocycles. The van der Waals surface area contributed by atoms with Crippen molar-refractivity contribution in [2.75, 3.05) is 0 Å². The normalized spacial score (nSPS) is 13.2. The molecule has 0 bridgehead atoms. The summed E-state index contributed by atoms with van der Waals surface area (Å²) in [5.74, 6) is 0.672. The summed E-state index contributed by atoms with van der Waals surface area (Å²) in [4.78, 5) is 5.35. The van der Waals surface area contributed by atoms with Crippen LogP contribution in [0.2, 0.25) is 0 Å². The summed E-state index contributed by atoms with van der Waals surface area (Å²) in [5.41, 5.74) is 6.85. The second-order valence-corrected chi connectivity index (χ2v) is 5.17. The Hall–Kier alpha value is -0.540. The van der Waals surface area contributed by atoms with Gasteiger partial charge in [-0.3, -0.25) is 4.98 Å². The van der Waals surface area contributed by atoms with E-state index in [0.717, 1.165) is 0 Å². The third kappa shape index (κ3) is 3.00. The molecule has 0 fully saturated rings. The standard InChI is InChI=1S/C11H18N2S/c1-8(2)9(3)14-11-7-13-5-4-10(11)6-12/h4-5,7-9H,6,12H2,1-3H3. The van der Waals surface area contributed by atoms with Gasteiger partial charge in [0.25, 0.3) is 0 Å². The molecule has 1 unspecified atom stereocenters. The first kappa shape index (κ1) is 11.5. The molecule has 0 aliphatic heterocycles. The highest BCUT2D eigenvalue weighted by Gasteiger charge is 2.10. The summed E-state index contributed by atoms with van der Waals surface area (Å²) < 4.78 is 0. The summed E-state index contributed by atoms with van der Waals surface area (Å²) in [7, 11) is 0. The lowest BCUT2D eigenvalue weighted by atomic mass is 10.2. The van der Waals surface area contributed by atoms with Crippen LogP contribution in [0.3, 0.4) is 0 Å². The largest absolute Gasteiger partial charge is 0.326 e. The van der Waals surface area contributed by atoms with Gasteiger partial charge in [0.15, 0.2) is 0 Å². The third-order valence-electron chi connectivity index (χ3n) is 2.34. The molecule has 0 saturated carbocycles. The molecule has 1 aromatic heterocycles. The minimum atomic E-state index is 0.593. The van der Waals surface area contributed by atoms with Gasteiger partial charge in [0.2, 0.25) is 0 Å². The molecular formula is C11H18N2S. The molecule has 0 aliphatic rings. The van der Waals surface area contributed by atoms with Crippen LogP contribution < -0.4 is 5.73 Å². The predicted molar refractivity (Wildman–Crippen MR) is 62.3 cm³/mol. The van der Waals surface area contributed by atoms with E-state index in [1.165, 1.54) is 10.5 Å². The van der Waals surface area contributed by atoms with Gasteiger partial charge in [-0.05, 0) is 17.5 Å². The Bertz CT molecular complexity index is 286. The zero-order valence-electron chi connectivity index (χ0n) is 9.03. The maximum absolute atomic E-state index is 5.66. The second kappa shape index (κ2) is 5.37. The molecule has 0 radical (unpaired) electrons. The van der Waals surface area contributed by atoms with E-state index in [2.05, 4.69) is 25.8 Å². The van der Waals surface area contributed by atoms with E-state index >= 15 is 0 Å². The number of pyridine rings is 1. The van der Waals surface area contributed by atoms with Crippen LogP contribution in [-0.2, 0) is 6.54 Å². The van der Waals surface area contributed by atoms with E-state index in [1.807, 2.05) is 24.0 Å². The van der Waals surface area contributed by atoms with Crippen LogP contribution in [0.1, 0.15) is 26.3 Å². The number of hydrogen-bond acceptors (Lipinski definition) is 3. The van der Waals surface area contributed by atoms with Crippen molar-refractivity contribution in [3.63, 3.8) is 0 Å². The Morgan fingerprint density at radius 1 is 1.43 bits per heavy atom. The topological polar surface area (TPSA) is 38.9 Å². The zero-order valence-corrected chi connectivity index (χ0v) is 9.84. The van der Waals surface area contributed by atoms with Crippen molar-refractivity contribution in [2.24, 2.45) is 11.7 Å². The molecule has 1 atom stereocenters. The Morgan fingerprint density at radius 3 is 2.71 bits per heavy atom. The Morgan fingerprint density at radius 2 is 2.14 bits per heavy atom. The van der Waals surface area contributed by atoms with Crippen LogP contribution in [0.25, 0.3) is 0 Å². The van der Waals surface area contributed by atoms with Crippen LogP contribution in [-0.4, -0.2) is 10.2 Å². The smallest absolute Gasteiger partial charge is 0.0407 e. The van der Waals surface area contributed by atoms with Gasteiger partial charge in [-0.25, -0.2) is 0 Å². The predicted octanol–water partition coefficient (Wildman–Crippen LogP) is 2.68. The van der Waals surface area contributed by atoms with Gasteiger partial charge >= 0.3 is 0 Å². The monoisotopic (exact) mass is 210 g/mol. The maximum Gasteiger partial charge on any atom is 0.0407 e. The number of rotatable bonds is 4. The van der Waals surface area contributed by atoms with Crippen LogP contribution in [0.15, 0.2) is 23.4 Å². The third-order valence-corrected chi connectivity index (χ3v) is 3.88. The highest BCUT2D eigenvalue weighted by Crippen LogP contribution is 2.29. The van der Waals surface area contributed by atoms with Gasteiger partial charge in [-0.15, -0.1) is 11.8 Å². The molecule has 2 nitrogen and oxygen atoms in total. The molecule has 1 rings (SSSR count). The summed E-state index contributed by atoms with van der Waals surface area (Å²) in [5, 5.41) is 0.601. The van der Waals surface area contributed by atoms with Crippen molar-refractivity contribution < 1.29 is 0 Å². The molecule has 1 aromatic rings. The lowest BCUT2D eigenvalue weighted by Crippen LogP contribution is -2.07. The lowest BCUT2D eigenvalue weighted by molar-refractivity contribution is 0.642. The average Bonchev–Trinajstić information content (AvgIpc) is 2.18. The minimum absolute atomic E-state index is 0.593. The Balaban J connectivity index is 2.75. The number of thioether (sulfide) groups is 1. The molecule has 0 aliphatic carbocycles. The maximum atomic E-state index is 5.66. The van der Waals surface area contributed by atoms with E-state index in [4.69, 9.17) is 5.73 Å². The highest BCUT2D eigenvalue weighted by atomic mass is 32.2. The Labute approximate surface area is 90.3 Å². The fourth-order valence-corrected chi connectivity index (χ4v) is 2.12. The summed E-state index contributed by atoms with van der Waals surface area (Å²) >= 11 is 1.86. The van der Waals surface area contributed by atoms with Gasteiger partial charge in [-0.1, -0.05) is 20.8 Å². The molecule has 0 saturated heterocycles. The SMILES string of the molecule is CC(C)C(C)Sc1cnccc1CN. The first-order valence-corrected chi connectivity index (χ1v) is 5.82. The molecule has 14 heavy (non-hydrogen) atoms. The van der Waals surface area contributed by atoms with Crippen molar-refractivity contribution in [2.45, 2.75) is 37.5 Å². The number of nitrogens with zero attached hydrogens (tertiary/aromatic N) is 1. The van der Waals surface area contributed by atoms with Crippen molar-refractivity contribution in [3.8, 4) is 0 Å². The second-order valence-electron chi connectivity index (χ2n) is 3.75. The molecule has 0 aromatic carbocycles. The van der Waals surface area contributed by atoms with Crippen molar-refractivity contribution >= 4 is 11.8 Å².